The summed E-state index contributed by atoms with van der Waals surface area (Å²) in [6.45, 7) is 2.53. The van der Waals surface area contributed by atoms with Crippen molar-refractivity contribution in [2.75, 3.05) is 13.1 Å². The maximum Gasteiger partial charge on any atom is 0.269 e. The monoisotopic (exact) mass is 435 g/mol. The third-order valence-electron chi connectivity index (χ3n) is 7.63. The third kappa shape index (κ3) is 3.80. The first kappa shape index (κ1) is 21.1. The molecule has 5 rings (SSSR count). The highest BCUT2D eigenvalue weighted by atomic mass is 16.6. The van der Waals surface area contributed by atoms with Crippen molar-refractivity contribution in [2.45, 2.75) is 43.9 Å². The van der Waals surface area contributed by atoms with Gasteiger partial charge in [-0.15, -0.1) is 0 Å². The van der Waals surface area contributed by atoms with Crippen LogP contribution in [0.2, 0.25) is 0 Å². The number of nitro groups is 1. The molecule has 2 aromatic rings. The SMILES string of the molecule is O=C(NC1C2CN(Cc3ccc([N+](=O)[O-])cc3)C[C@@H]21)C(O)(c1ccccc1)C1CCCC1. The molecule has 168 valence electrons. The second-order valence-corrected chi connectivity index (χ2v) is 9.56. The molecule has 3 fully saturated rings. The number of amides is 1. The smallest absolute Gasteiger partial charge is 0.269 e. The van der Waals surface area contributed by atoms with E-state index in [0.29, 0.717) is 17.4 Å². The molecule has 0 spiro atoms. The molecule has 2 saturated carbocycles. The van der Waals surface area contributed by atoms with Gasteiger partial charge in [0.2, 0.25) is 0 Å². The Bertz CT molecular complexity index is 978. The molecule has 2 N–H and O–H groups in total. The van der Waals surface area contributed by atoms with Crippen molar-refractivity contribution in [3.8, 4) is 0 Å². The maximum absolute atomic E-state index is 13.4. The van der Waals surface area contributed by atoms with Crippen molar-refractivity contribution in [1.29, 1.82) is 0 Å². The first-order valence-electron chi connectivity index (χ1n) is 11.5. The van der Waals surface area contributed by atoms with Gasteiger partial charge in [-0.3, -0.25) is 19.8 Å². The quantitative estimate of drug-likeness (QED) is 0.514. The van der Waals surface area contributed by atoms with Crippen LogP contribution in [0.25, 0.3) is 0 Å². The number of nitrogens with zero attached hydrogens (tertiary/aromatic N) is 2. The summed E-state index contributed by atoms with van der Waals surface area (Å²) < 4.78 is 0. The summed E-state index contributed by atoms with van der Waals surface area (Å²) in [5, 5.41) is 25.6. The van der Waals surface area contributed by atoms with Crippen LogP contribution in [0.4, 0.5) is 5.69 Å². The largest absolute Gasteiger partial charge is 0.375 e. The Morgan fingerprint density at radius 2 is 1.69 bits per heavy atom. The zero-order valence-corrected chi connectivity index (χ0v) is 18.0. The average Bonchev–Trinajstić information content (AvgIpc) is 3.22. The Balaban J connectivity index is 1.20. The number of hydrogen-bond donors (Lipinski definition) is 2. The van der Waals surface area contributed by atoms with Crippen molar-refractivity contribution >= 4 is 11.6 Å². The Morgan fingerprint density at radius 3 is 2.28 bits per heavy atom. The molecule has 3 unspecified atom stereocenters. The number of nitrogens with one attached hydrogen (secondary N) is 1. The van der Waals surface area contributed by atoms with Crippen LogP contribution < -0.4 is 5.32 Å². The van der Waals surface area contributed by atoms with E-state index in [0.717, 1.165) is 50.9 Å². The van der Waals surface area contributed by atoms with Gasteiger partial charge in [0.25, 0.3) is 11.6 Å². The predicted octanol–water partition coefficient (Wildman–Crippen LogP) is 3.22. The van der Waals surface area contributed by atoms with E-state index in [1.54, 1.807) is 12.1 Å². The predicted molar refractivity (Wildman–Crippen MR) is 120 cm³/mol. The molecular weight excluding hydrogens is 406 g/mol. The van der Waals surface area contributed by atoms with E-state index in [4.69, 9.17) is 0 Å². The molecule has 2 aliphatic carbocycles. The van der Waals surface area contributed by atoms with Gasteiger partial charge >= 0.3 is 0 Å². The molecule has 7 heteroatoms. The van der Waals surface area contributed by atoms with Gasteiger partial charge in [0.1, 0.15) is 0 Å². The number of aliphatic hydroxyl groups is 1. The molecule has 0 radical (unpaired) electrons. The van der Waals surface area contributed by atoms with Gasteiger partial charge < -0.3 is 10.4 Å². The lowest BCUT2D eigenvalue weighted by atomic mass is 9.79. The highest BCUT2D eigenvalue weighted by Gasteiger charge is 2.58. The maximum atomic E-state index is 13.4. The van der Waals surface area contributed by atoms with Gasteiger partial charge in [-0.25, -0.2) is 0 Å². The number of non-ortho nitro benzene ring substituents is 1. The fourth-order valence-corrected chi connectivity index (χ4v) is 5.79. The Morgan fingerprint density at radius 1 is 1.06 bits per heavy atom. The molecule has 7 nitrogen and oxygen atoms in total. The van der Waals surface area contributed by atoms with Gasteiger partial charge in [-0.2, -0.15) is 0 Å². The number of benzene rings is 2. The normalized spacial score (nSPS) is 27.0. The van der Waals surface area contributed by atoms with E-state index in [2.05, 4.69) is 10.2 Å². The molecule has 32 heavy (non-hydrogen) atoms. The van der Waals surface area contributed by atoms with Crippen molar-refractivity contribution in [2.24, 2.45) is 17.8 Å². The summed E-state index contributed by atoms with van der Waals surface area (Å²) in [4.78, 5) is 26.1. The Hall–Kier alpha value is -2.77. The summed E-state index contributed by atoms with van der Waals surface area (Å²) >= 11 is 0. The number of carbonyl (C=O) groups excluding carboxylic acids is 1. The molecule has 1 heterocycles. The zero-order chi connectivity index (χ0) is 22.3. The average molecular weight is 436 g/mol. The lowest BCUT2D eigenvalue weighted by Gasteiger charge is -2.33. The van der Waals surface area contributed by atoms with E-state index in [-0.39, 0.29) is 28.5 Å². The van der Waals surface area contributed by atoms with Crippen molar-refractivity contribution in [1.82, 2.24) is 10.2 Å². The van der Waals surface area contributed by atoms with Crippen LogP contribution in [0.5, 0.6) is 0 Å². The molecular formula is C25H29N3O4. The lowest BCUT2D eigenvalue weighted by Crippen LogP contribution is -2.50. The number of nitro benzene ring substituents is 1. The number of carbonyl (C=O) groups is 1. The highest BCUT2D eigenvalue weighted by molar-refractivity contribution is 5.87. The second kappa shape index (κ2) is 8.30. The minimum absolute atomic E-state index is 0.0397. The van der Waals surface area contributed by atoms with E-state index in [9.17, 15) is 20.0 Å². The molecule has 4 atom stereocenters. The van der Waals surface area contributed by atoms with Crippen LogP contribution in [-0.2, 0) is 16.9 Å². The van der Waals surface area contributed by atoms with Crippen LogP contribution >= 0.6 is 0 Å². The molecule has 0 aromatic heterocycles. The van der Waals surface area contributed by atoms with Crippen LogP contribution in [0.1, 0.15) is 36.8 Å². The van der Waals surface area contributed by atoms with E-state index >= 15 is 0 Å². The molecule has 1 amide bonds. The first-order valence-corrected chi connectivity index (χ1v) is 11.5. The second-order valence-electron chi connectivity index (χ2n) is 9.56. The van der Waals surface area contributed by atoms with Gasteiger partial charge in [-0.1, -0.05) is 55.3 Å². The third-order valence-corrected chi connectivity index (χ3v) is 7.63. The molecule has 1 aliphatic heterocycles. The van der Waals surface area contributed by atoms with Crippen LogP contribution in [0.3, 0.4) is 0 Å². The first-order chi connectivity index (χ1) is 15.5. The summed E-state index contributed by atoms with van der Waals surface area (Å²) in [5.41, 5.74) is 0.383. The van der Waals surface area contributed by atoms with Gasteiger partial charge in [0.05, 0.1) is 4.92 Å². The van der Waals surface area contributed by atoms with E-state index in [1.807, 2.05) is 42.5 Å². The summed E-state index contributed by atoms with van der Waals surface area (Å²) in [6, 6.07) is 16.2. The van der Waals surface area contributed by atoms with Crippen LogP contribution in [-0.4, -0.2) is 40.0 Å². The molecule has 2 aromatic carbocycles. The number of rotatable bonds is 7. The van der Waals surface area contributed by atoms with Crippen molar-refractivity contribution in [3.63, 3.8) is 0 Å². The zero-order valence-electron chi connectivity index (χ0n) is 18.0. The van der Waals surface area contributed by atoms with Gasteiger partial charge in [0, 0.05) is 43.7 Å². The number of likely N-dealkylation sites (tertiary alicyclic amines) is 1. The Labute approximate surface area is 187 Å². The number of fused-ring (bicyclic) bond motifs is 1. The van der Waals surface area contributed by atoms with Gasteiger partial charge in [-0.05, 0) is 35.8 Å². The summed E-state index contributed by atoms with van der Waals surface area (Å²) in [6.07, 6.45) is 3.86. The van der Waals surface area contributed by atoms with E-state index in [1.165, 1.54) is 0 Å². The van der Waals surface area contributed by atoms with Crippen molar-refractivity contribution < 1.29 is 14.8 Å². The minimum Gasteiger partial charge on any atom is -0.375 e. The fraction of sp³-hybridized carbons (Fsp3) is 0.480. The fourth-order valence-electron chi connectivity index (χ4n) is 5.79. The lowest BCUT2D eigenvalue weighted by molar-refractivity contribution is -0.384. The molecule has 1 saturated heterocycles. The van der Waals surface area contributed by atoms with Crippen LogP contribution in [0, 0.1) is 27.9 Å². The number of piperidine rings is 1. The highest BCUT2D eigenvalue weighted by Crippen LogP contribution is 2.47. The molecule has 3 aliphatic rings. The standard InChI is InChI=1S/C25H29N3O4/c29-24(25(30,19-8-4-5-9-19)18-6-2-1-3-7-18)26-23-21-15-27(16-22(21)23)14-17-10-12-20(13-11-17)28(31)32/h1-3,6-7,10-13,19,21-23,30H,4-5,8-9,14-16H2,(H,26,29)/t21-,22?,23?,25?/m0/s1. The summed E-state index contributed by atoms with van der Waals surface area (Å²) in [5.74, 6) is 0.514. The topological polar surface area (TPSA) is 95.7 Å². The molecule has 0 bridgehead atoms. The van der Waals surface area contributed by atoms with E-state index < -0.39 is 5.60 Å². The minimum atomic E-state index is -1.47. The van der Waals surface area contributed by atoms with Gasteiger partial charge in [0.15, 0.2) is 5.60 Å². The number of hydrogen-bond acceptors (Lipinski definition) is 5. The van der Waals surface area contributed by atoms with Crippen LogP contribution in [0.15, 0.2) is 54.6 Å². The van der Waals surface area contributed by atoms with Crippen molar-refractivity contribution in [3.05, 3.63) is 75.8 Å². The Kier molecular flexibility index (Phi) is 5.47. The summed E-state index contributed by atoms with van der Waals surface area (Å²) in [7, 11) is 0.